The highest BCUT2D eigenvalue weighted by atomic mass is 35.5. The summed E-state index contributed by atoms with van der Waals surface area (Å²) in [7, 11) is 0. The third kappa shape index (κ3) is 5.72. The van der Waals surface area contributed by atoms with Crippen LogP contribution in [0.2, 0.25) is 5.15 Å². The van der Waals surface area contributed by atoms with Crippen LogP contribution >= 0.6 is 11.6 Å². The minimum Gasteiger partial charge on any atom is -0.450 e. The van der Waals surface area contributed by atoms with Gasteiger partial charge in [0.1, 0.15) is 12.1 Å². The van der Waals surface area contributed by atoms with E-state index < -0.39 is 0 Å². The lowest BCUT2D eigenvalue weighted by molar-refractivity contribution is 0.127. The number of alkyl carbamates (subject to hydrolysis) is 1. The standard InChI is InChI=1S/C19H30ClN5O3/c1-5-7-11-28-19(26)21-9-8-10-22-25-15(12-27-6-2)24-16-17(25)13(3)14(4)23-18(16)20/h22H,5-12H2,1-4H3,(H,21,26). The average Bonchev–Trinajstić information content (AvgIpc) is 3.03. The molecule has 0 atom stereocenters. The molecule has 9 heteroatoms. The van der Waals surface area contributed by atoms with Crippen LogP contribution in [0.25, 0.3) is 11.0 Å². The molecule has 1 amide bonds. The van der Waals surface area contributed by atoms with Crippen molar-refractivity contribution in [2.24, 2.45) is 0 Å². The summed E-state index contributed by atoms with van der Waals surface area (Å²) in [5.74, 6) is 0.737. The molecule has 8 nitrogen and oxygen atoms in total. The first kappa shape index (κ1) is 22.2. The molecule has 2 N–H and O–H groups in total. The minimum atomic E-state index is -0.372. The van der Waals surface area contributed by atoms with Crippen LogP contribution in [0.4, 0.5) is 4.79 Å². The number of amides is 1. The van der Waals surface area contributed by atoms with Crippen LogP contribution in [0.5, 0.6) is 0 Å². The molecular formula is C19H30ClN5O3. The SMILES string of the molecule is CCCCOC(=O)NCCCNn1c(COCC)nc2c(Cl)nc(C)c(C)c21. The number of carbonyl (C=O) groups is 1. The average molecular weight is 412 g/mol. The number of fused-ring (bicyclic) bond motifs is 1. The number of imidazole rings is 1. The van der Waals surface area contributed by atoms with Crippen molar-refractivity contribution < 1.29 is 14.3 Å². The number of hydrogen-bond donors (Lipinski definition) is 2. The zero-order chi connectivity index (χ0) is 20.5. The summed E-state index contributed by atoms with van der Waals surface area (Å²) < 4.78 is 12.5. The van der Waals surface area contributed by atoms with Crippen molar-refractivity contribution in [3.63, 3.8) is 0 Å². The number of pyridine rings is 1. The molecule has 2 heterocycles. The van der Waals surface area contributed by atoms with E-state index in [1.54, 1.807) is 0 Å². The molecule has 0 aliphatic carbocycles. The molecule has 2 rings (SSSR count). The predicted octanol–water partition coefficient (Wildman–Crippen LogP) is 3.70. The third-order valence-corrected chi connectivity index (χ3v) is 4.63. The highest BCUT2D eigenvalue weighted by Crippen LogP contribution is 2.26. The van der Waals surface area contributed by atoms with Crippen molar-refractivity contribution >= 4 is 28.7 Å². The maximum Gasteiger partial charge on any atom is 0.407 e. The van der Waals surface area contributed by atoms with Gasteiger partial charge in [0.25, 0.3) is 0 Å². The summed E-state index contributed by atoms with van der Waals surface area (Å²) in [5, 5.41) is 3.14. The quantitative estimate of drug-likeness (QED) is 0.433. The van der Waals surface area contributed by atoms with Crippen molar-refractivity contribution in [3.8, 4) is 0 Å². The summed E-state index contributed by atoms with van der Waals surface area (Å²) in [4.78, 5) is 20.5. The Bertz CT molecular complexity index is 794. The van der Waals surface area contributed by atoms with Crippen LogP contribution in [0.1, 0.15) is 50.2 Å². The molecule has 0 bridgehead atoms. The number of aryl methyl sites for hydroxylation is 2. The Labute approximate surface area is 170 Å². The van der Waals surface area contributed by atoms with Gasteiger partial charge in [0, 0.05) is 25.4 Å². The van der Waals surface area contributed by atoms with Gasteiger partial charge < -0.3 is 20.2 Å². The van der Waals surface area contributed by atoms with E-state index in [1.165, 1.54) is 0 Å². The number of carbonyl (C=O) groups excluding carboxylic acids is 1. The molecule has 0 fully saturated rings. The van der Waals surface area contributed by atoms with Crippen molar-refractivity contribution in [3.05, 3.63) is 22.2 Å². The maximum atomic E-state index is 11.6. The second-order valence-electron chi connectivity index (χ2n) is 6.49. The molecule has 0 saturated carbocycles. The molecular weight excluding hydrogens is 382 g/mol. The molecule has 28 heavy (non-hydrogen) atoms. The Balaban J connectivity index is 2.01. The van der Waals surface area contributed by atoms with E-state index in [9.17, 15) is 4.79 Å². The van der Waals surface area contributed by atoms with Gasteiger partial charge in [0.2, 0.25) is 0 Å². The smallest absolute Gasteiger partial charge is 0.407 e. The lowest BCUT2D eigenvalue weighted by Gasteiger charge is -2.14. The van der Waals surface area contributed by atoms with Crippen LogP contribution in [0.15, 0.2) is 0 Å². The number of aromatic nitrogens is 3. The molecule has 0 saturated heterocycles. The highest BCUT2D eigenvalue weighted by molar-refractivity contribution is 6.33. The summed E-state index contributed by atoms with van der Waals surface area (Å²) >= 11 is 6.31. The molecule has 0 spiro atoms. The summed E-state index contributed by atoms with van der Waals surface area (Å²) in [6, 6.07) is 0. The van der Waals surface area contributed by atoms with Gasteiger partial charge in [0.05, 0.1) is 12.1 Å². The van der Waals surface area contributed by atoms with E-state index in [-0.39, 0.29) is 6.09 Å². The first-order valence-corrected chi connectivity index (χ1v) is 10.1. The van der Waals surface area contributed by atoms with E-state index in [1.807, 2.05) is 25.4 Å². The van der Waals surface area contributed by atoms with Crippen LogP contribution in [-0.2, 0) is 16.1 Å². The third-order valence-electron chi connectivity index (χ3n) is 4.37. The Hall–Kier alpha value is -2.06. The number of ether oxygens (including phenoxy) is 2. The van der Waals surface area contributed by atoms with Gasteiger partial charge in [-0.25, -0.2) is 19.4 Å². The molecule has 0 aliphatic heterocycles. The lowest BCUT2D eigenvalue weighted by Crippen LogP contribution is -2.28. The monoisotopic (exact) mass is 411 g/mol. The second-order valence-corrected chi connectivity index (χ2v) is 6.85. The fraction of sp³-hybridized carbons (Fsp3) is 0.632. The van der Waals surface area contributed by atoms with Gasteiger partial charge in [-0.1, -0.05) is 24.9 Å². The highest BCUT2D eigenvalue weighted by Gasteiger charge is 2.18. The lowest BCUT2D eigenvalue weighted by atomic mass is 10.2. The van der Waals surface area contributed by atoms with Crippen molar-refractivity contribution in [1.29, 1.82) is 0 Å². The molecule has 0 unspecified atom stereocenters. The zero-order valence-corrected chi connectivity index (χ0v) is 17.9. The van der Waals surface area contributed by atoms with E-state index in [4.69, 9.17) is 21.1 Å². The molecule has 0 aliphatic rings. The van der Waals surface area contributed by atoms with E-state index >= 15 is 0 Å². The van der Waals surface area contributed by atoms with Gasteiger partial charge in [-0.05, 0) is 39.2 Å². The Morgan fingerprint density at radius 3 is 2.68 bits per heavy atom. The predicted molar refractivity (Wildman–Crippen MR) is 110 cm³/mol. The van der Waals surface area contributed by atoms with Gasteiger partial charge in [-0.3, -0.25) is 0 Å². The van der Waals surface area contributed by atoms with E-state index in [2.05, 4.69) is 27.6 Å². The van der Waals surface area contributed by atoms with Gasteiger partial charge in [0.15, 0.2) is 11.0 Å². The van der Waals surface area contributed by atoms with Crippen molar-refractivity contribution in [1.82, 2.24) is 20.0 Å². The zero-order valence-electron chi connectivity index (χ0n) is 17.1. The summed E-state index contributed by atoms with van der Waals surface area (Å²) in [6.45, 7) is 10.5. The number of rotatable bonds is 11. The molecule has 156 valence electrons. The van der Waals surface area contributed by atoms with Crippen molar-refractivity contribution in [2.75, 3.05) is 31.7 Å². The number of hydrogen-bond acceptors (Lipinski definition) is 6. The second kappa shape index (κ2) is 11.1. The van der Waals surface area contributed by atoms with Gasteiger partial charge in [-0.2, -0.15) is 0 Å². The molecule has 2 aromatic rings. The molecule has 0 aromatic carbocycles. The summed E-state index contributed by atoms with van der Waals surface area (Å²) in [5.41, 5.74) is 6.80. The fourth-order valence-electron chi connectivity index (χ4n) is 2.70. The topological polar surface area (TPSA) is 90.3 Å². The van der Waals surface area contributed by atoms with E-state index in [0.29, 0.717) is 43.6 Å². The first-order chi connectivity index (χ1) is 13.5. The molecule has 0 radical (unpaired) electrons. The van der Waals surface area contributed by atoms with Gasteiger partial charge >= 0.3 is 6.09 Å². The number of unbranched alkanes of at least 4 members (excludes halogenated alkanes) is 1. The Morgan fingerprint density at radius 2 is 1.96 bits per heavy atom. The Kier molecular flexibility index (Phi) is 8.79. The van der Waals surface area contributed by atoms with Crippen molar-refractivity contribution in [2.45, 2.75) is 53.6 Å². The molecule has 2 aromatic heterocycles. The fourth-order valence-corrected chi connectivity index (χ4v) is 2.96. The maximum absolute atomic E-state index is 11.6. The Morgan fingerprint density at radius 1 is 1.18 bits per heavy atom. The first-order valence-electron chi connectivity index (χ1n) is 9.75. The number of halogens is 1. The minimum absolute atomic E-state index is 0.370. The normalized spacial score (nSPS) is 11.0. The van der Waals surface area contributed by atoms with Crippen LogP contribution in [-0.4, -0.2) is 47.0 Å². The number of nitrogens with zero attached hydrogens (tertiary/aromatic N) is 3. The number of nitrogens with one attached hydrogen (secondary N) is 2. The summed E-state index contributed by atoms with van der Waals surface area (Å²) in [6.07, 6.45) is 2.23. The largest absolute Gasteiger partial charge is 0.450 e. The van der Waals surface area contributed by atoms with E-state index in [0.717, 1.165) is 41.9 Å². The van der Waals surface area contributed by atoms with Crippen LogP contribution in [0, 0.1) is 13.8 Å². The van der Waals surface area contributed by atoms with Gasteiger partial charge in [-0.15, -0.1) is 0 Å². The van der Waals surface area contributed by atoms with Crippen LogP contribution in [0.3, 0.4) is 0 Å². The van der Waals surface area contributed by atoms with Crippen LogP contribution < -0.4 is 10.7 Å².